The molecule has 1 heterocycles. The van der Waals surface area contributed by atoms with Crippen LogP contribution in [-0.4, -0.2) is 36.4 Å². The molecule has 0 saturated carbocycles. The van der Waals surface area contributed by atoms with Gasteiger partial charge in [0.15, 0.2) is 0 Å². The molecule has 23 heavy (non-hydrogen) atoms. The maximum atomic E-state index is 12.3. The SMILES string of the molecule is O=C(N[C@@H]1CCOC[C@H]1O)c1cccc(Oc2ccccc2)c1. The van der Waals surface area contributed by atoms with Crippen LogP contribution in [0.2, 0.25) is 0 Å². The Hall–Kier alpha value is -2.37. The Labute approximate surface area is 134 Å². The lowest BCUT2D eigenvalue weighted by atomic mass is 10.1. The zero-order chi connectivity index (χ0) is 16.1. The number of aliphatic hydroxyl groups excluding tert-OH is 1. The second-order valence-electron chi connectivity index (χ2n) is 5.45. The monoisotopic (exact) mass is 313 g/mol. The average Bonchev–Trinajstić information content (AvgIpc) is 2.58. The van der Waals surface area contributed by atoms with Gasteiger partial charge < -0.3 is 19.9 Å². The summed E-state index contributed by atoms with van der Waals surface area (Å²) in [4.78, 5) is 12.3. The number of nitrogens with one attached hydrogen (secondary N) is 1. The number of aliphatic hydroxyl groups is 1. The van der Waals surface area contributed by atoms with Gasteiger partial charge in [0.2, 0.25) is 0 Å². The van der Waals surface area contributed by atoms with Gasteiger partial charge in [-0.2, -0.15) is 0 Å². The lowest BCUT2D eigenvalue weighted by Gasteiger charge is -2.28. The summed E-state index contributed by atoms with van der Waals surface area (Å²) in [6, 6.07) is 16.1. The lowest BCUT2D eigenvalue weighted by Crippen LogP contribution is -2.48. The van der Waals surface area contributed by atoms with Crippen LogP contribution in [0.5, 0.6) is 11.5 Å². The number of hydrogen-bond donors (Lipinski definition) is 2. The molecule has 5 nitrogen and oxygen atoms in total. The number of para-hydroxylation sites is 1. The first kappa shape index (κ1) is 15.5. The largest absolute Gasteiger partial charge is 0.457 e. The van der Waals surface area contributed by atoms with Crippen molar-refractivity contribution in [3.63, 3.8) is 0 Å². The van der Waals surface area contributed by atoms with E-state index in [9.17, 15) is 9.90 Å². The van der Waals surface area contributed by atoms with E-state index in [1.807, 2.05) is 30.3 Å². The molecule has 0 aromatic heterocycles. The first-order valence-corrected chi connectivity index (χ1v) is 7.62. The third-order valence-electron chi connectivity index (χ3n) is 3.72. The van der Waals surface area contributed by atoms with Crippen LogP contribution >= 0.6 is 0 Å². The number of carbonyl (C=O) groups excluding carboxylic acids is 1. The molecule has 0 unspecified atom stereocenters. The third-order valence-corrected chi connectivity index (χ3v) is 3.72. The van der Waals surface area contributed by atoms with Gasteiger partial charge in [-0.15, -0.1) is 0 Å². The fraction of sp³-hybridized carbons (Fsp3) is 0.278. The Kier molecular flexibility index (Phi) is 4.90. The van der Waals surface area contributed by atoms with Crippen molar-refractivity contribution in [3.8, 4) is 11.5 Å². The first-order valence-electron chi connectivity index (χ1n) is 7.62. The molecular weight excluding hydrogens is 294 g/mol. The lowest BCUT2D eigenvalue weighted by molar-refractivity contribution is -0.0260. The zero-order valence-electron chi connectivity index (χ0n) is 12.6. The molecule has 1 aliphatic rings. The minimum atomic E-state index is -0.670. The number of benzene rings is 2. The molecule has 0 radical (unpaired) electrons. The molecule has 2 N–H and O–H groups in total. The Morgan fingerprint density at radius 2 is 1.91 bits per heavy atom. The molecule has 0 bridgehead atoms. The van der Waals surface area contributed by atoms with Crippen molar-refractivity contribution in [1.82, 2.24) is 5.32 Å². The van der Waals surface area contributed by atoms with Gasteiger partial charge in [-0.25, -0.2) is 0 Å². The smallest absolute Gasteiger partial charge is 0.251 e. The quantitative estimate of drug-likeness (QED) is 0.909. The predicted molar refractivity (Wildman–Crippen MR) is 85.7 cm³/mol. The van der Waals surface area contributed by atoms with E-state index < -0.39 is 6.10 Å². The summed E-state index contributed by atoms with van der Waals surface area (Å²) in [5, 5.41) is 12.7. The van der Waals surface area contributed by atoms with E-state index in [0.29, 0.717) is 30.1 Å². The molecule has 2 atom stereocenters. The van der Waals surface area contributed by atoms with Crippen molar-refractivity contribution >= 4 is 5.91 Å². The predicted octanol–water partition coefficient (Wildman–Crippen LogP) is 2.36. The fourth-order valence-electron chi connectivity index (χ4n) is 2.47. The van der Waals surface area contributed by atoms with Crippen molar-refractivity contribution in [2.75, 3.05) is 13.2 Å². The Morgan fingerprint density at radius 1 is 1.13 bits per heavy atom. The number of hydrogen-bond acceptors (Lipinski definition) is 4. The van der Waals surface area contributed by atoms with Crippen LogP contribution < -0.4 is 10.1 Å². The molecule has 2 aromatic rings. The van der Waals surface area contributed by atoms with Crippen LogP contribution in [0.15, 0.2) is 54.6 Å². The van der Waals surface area contributed by atoms with Gasteiger partial charge in [-0.05, 0) is 36.8 Å². The van der Waals surface area contributed by atoms with E-state index in [4.69, 9.17) is 9.47 Å². The normalized spacial score (nSPS) is 20.7. The summed E-state index contributed by atoms with van der Waals surface area (Å²) in [6.45, 7) is 0.793. The Bertz CT molecular complexity index is 659. The molecule has 2 aromatic carbocycles. The molecule has 1 amide bonds. The van der Waals surface area contributed by atoms with Gasteiger partial charge in [0.25, 0.3) is 5.91 Å². The van der Waals surface area contributed by atoms with Crippen molar-refractivity contribution in [2.24, 2.45) is 0 Å². The molecule has 3 rings (SSSR count). The maximum absolute atomic E-state index is 12.3. The second kappa shape index (κ2) is 7.26. The van der Waals surface area contributed by atoms with Crippen molar-refractivity contribution in [1.29, 1.82) is 0 Å². The van der Waals surface area contributed by atoms with E-state index in [1.165, 1.54) is 0 Å². The van der Waals surface area contributed by atoms with E-state index >= 15 is 0 Å². The second-order valence-corrected chi connectivity index (χ2v) is 5.45. The van der Waals surface area contributed by atoms with E-state index in [1.54, 1.807) is 24.3 Å². The third kappa shape index (κ3) is 4.09. The average molecular weight is 313 g/mol. The molecule has 5 heteroatoms. The molecule has 1 saturated heterocycles. The first-order chi connectivity index (χ1) is 11.2. The van der Waals surface area contributed by atoms with Crippen LogP contribution in [0.4, 0.5) is 0 Å². The van der Waals surface area contributed by atoms with Crippen LogP contribution in [0, 0.1) is 0 Å². The van der Waals surface area contributed by atoms with Crippen LogP contribution in [0.25, 0.3) is 0 Å². The summed E-state index contributed by atoms with van der Waals surface area (Å²) in [6.07, 6.45) is -0.0657. The summed E-state index contributed by atoms with van der Waals surface area (Å²) in [5.74, 6) is 1.08. The summed E-state index contributed by atoms with van der Waals surface area (Å²) >= 11 is 0. The van der Waals surface area contributed by atoms with E-state index in [0.717, 1.165) is 0 Å². The van der Waals surface area contributed by atoms with Gasteiger partial charge in [-0.3, -0.25) is 4.79 Å². The van der Waals surface area contributed by atoms with Crippen molar-refractivity contribution in [2.45, 2.75) is 18.6 Å². The minimum Gasteiger partial charge on any atom is -0.457 e. The Balaban J connectivity index is 1.67. The topological polar surface area (TPSA) is 67.8 Å². The van der Waals surface area contributed by atoms with Gasteiger partial charge >= 0.3 is 0 Å². The highest BCUT2D eigenvalue weighted by molar-refractivity contribution is 5.94. The van der Waals surface area contributed by atoms with Crippen LogP contribution in [0.1, 0.15) is 16.8 Å². The van der Waals surface area contributed by atoms with Crippen LogP contribution in [0.3, 0.4) is 0 Å². The molecular formula is C18H19NO4. The van der Waals surface area contributed by atoms with E-state index in [2.05, 4.69) is 5.32 Å². The standard InChI is InChI=1S/C18H19NO4/c20-17-12-22-10-9-16(17)19-18(21)13-5-4-8-15(11-13)23-14-6-2-1-3-7-14/h1-8,11,16-17,20H,9-10,12H2,(H,19,21)/t16-,17-/m1/s1. The molecule has 0 aliphatic carbocycles. The molecule has 1 aliphatic heterocycles. The van der Waals surface area contributed by atoms with Crippen molar-refractivity contribution in [3.05, 3.63) is 60.2 Å². The van der Waals surface area contributed by atoms with Gasteiger partial charge in [0, 0.05) is 12.2 Å². The minimum absolute atomic E-state index is 0.227. The Morgan fingerprint density at radius 3 is 2.70 bits per heavy atom. The van der Waals surface area contributed by atoms with Crippen LogP contribution in [-0.2, 0) is 4.74 Å². The molecule has 1 fully saturated rings. The number of rotatable bonds is 4. The number of ether oxygens (including phenoxy) is 2. The molecule has 0 spiro atoms. The van der Waals surface area contributed by atoms with E-state index in [-0.39, 0.29) is 18.6 Å². The number of amides is 1. The van der Waals surface area contributed by atoms with Crippen molar-refractivity contribution < 1.29 is 19.4 Å². The van der Waals surface area contributed by atoms with Gasteiger partial charge in [-0.1, -0.05) is 24.3 Å². The number of carbonyl (C=O) groups is 1. The fourth-order valence-corrected chi connectivity index (χ4v) is 2.47. The summed E-state index contributed by atoms with van der Waals surface area (Å²) in [5.41, 5.74) is 0.497. The van der Waals surface area contributed by atoms with Gasteiger partial charge in [0.05, 0.1) is 18.8 Å². The summed E-state index contributed by atoms with van der Waals surface area (Å²) in [7, 11) is 0. The highest BCUT2D eigenvalue weighted by Gasteiger charge is 2.25. The maximum Gasteiger partial charge on any atom is 0.251 e. The zero-order valence-corrected chi connectivity index (χ0v) is 12.6. The summed E-state index contributed by atoms with van der Waals surface area (Å²) < 4.78 is 10.9. The molecule has 120 valence electrons. The van der Waals surface area contributed by atoms with Gasteiger partial charge in [0.1, 0.15) is 11.5 Å². The highest BCUT2D eigenvalue weighted by Crippen LogP contribution is 2.22. The highest BCUT2D eigenvalue weighted by atomic mass is 16.5.